The second-order valence-corrected chi connectivity index (χ2v) is 8.72. The summed E-state index contributed by atoms with van der Waals surface area (Å²) in [4.78, 5) is 7.20. The van der Waals surface area contributed by atoms with E-state index in [0.29, 0.717) is 5.56 Å². The second kappa shape index (κ2) is 6.29. The van der Waals surface area contributed by atoms with Crippen LogP contribution in [0.5, 0.6) is 0 Å². The number of hydrogen-bond acceptors (Lipinski definition) is 5. The number of halogens is 1. The van der Waals surface area contributed by atoms with Gasteiger partial charge in [0.15, 0.2) is 5.82 Å². The summed E-state index contributed by atoms with van der Waals surface area (Å²) >= 11 is 3.58. The van der Waals surface area contributed by atoms with E-state index in [1.54, 1.807) is 0 Å². The standard InChI is InChI=1S/C21H21BrN6/c1-13-19(22)28-17(4-7-25-28)20(26-13)27-8-5-21(6-9-27)11-15-3-2-14(12-23)10-16(15)18(21)24/h2-4,7,10,18H,5-6,8-9,11,24H2,1H3. The van der Waals surface area contributed by atoms with Crippen molar-refractivity contribution in [3.8, 4) is 6.07 Å². The minimum Gasteiger partial charge on any atom is -0.355 e. The molecule has 2 aromatic heterocycles. The molecule has 5 rings (SSSR count). The third-order valence-electron chi connectivity index (χ3n) is 6.50. The molecule has 3 aromatic rings. The predicted molar refractivity (Wildman–Crippen MR) is 111 cm³/mol. The van der Waals surface area contributed by atoms with Gasteiger partial charge in [-0.2, -0.15) is 10.4 Å². The van der Waals surface area contributed by atoms with Crippen molar-refractivity contribution in [3.63, 3.8) is 0 Å². The number of nitrogens with two attached hydrogens (primary N) is 1. The van der Waals surface area contributed by atoms with E-state index >= 15 is 0 Å². The third-order valence-corrected chi connectivity index (χ3v) is 7.41. The third kappa shape index (κ3) is 2.48. The Labute approximate surface area is 172 Å². The molecular formula is C21H21BrN6. The van der Waals surface area contributed by atoms with Gasteiger partial charge in [-0.25, -0.2) is 9.50 Å². The van der Waals surface area contributed by atoms with Crippen molar-refractivity contribution >= 4 is 27.3 Å². The molecule has 1 fully saturated rings. The van der Waals surface area contributed by atoms with Crippen LogP contribution >= 0.6 is 15.9 Å². The first-order valence-corrected chi connectivity index (χ1v) is 10.3. The number of aryl methyl sites for hydroxylation is 1. The van der Waals surface area contributed by atoms with Crippen molar-refractivity contribution in [2.24, 2.45) is 11.1 Å². The van der Waals surface area contributed by atoms with Crippen molar-refractivity contribution in [1.29, 1.82) is 5.26 Å². The number of hydrogen-bond donors (Lipinski definition) is 1. The smallest absolute Gasteiger partial charge is 0.155 e. The second-order valence-electron chi connectivity index (χ2n) is 7.97. The maximum atomic E-state index is 9.21. The number of aromatic nitrogens is 3. The number of fused-ring (bicyclic) bond motifs is 2. The van der Waals surface area contributed by atoms with E-state index in [0.717, 1.165) is 59.5 Å². The molecular weight excluding hydrogens is 416 g/mol. The van der Waals surface area contributed by atoms with Gasteiger partial charge >= 0.3 is 0 Å². The zero-order valence-corrected chi connectivity index (χ0v) is 17.3. The highest BCUT2D eigenvalue weighted by molar-refractivity contribution is 9.10. The van der Waals surface area contributed by atoms with Crippen LogP contribution < -0.4 is 10.6 Å². The molecule has 0 saturated carbocycles. The lowest BCUT2D eigenvalue weighted by molar-refractivity contribution is 0.187. The summed E-state index contributed by atoms with van der Waals surface area (Å²) in [7, 11) is 0. The van der Waals surface area contributed by atoms with Gasteiger partial charge in [0, 0.05) is 19.1 Å². The number of nitriles is 1. The molecule has 1 aromatic carbocycles. The van der Waals surface area contributed by atoms with Gasteiger partial charge in [0.1, 0.15) is 10.1 Å². The van der Waals surface area contributed by atoms with E-state index in [2.05, 4.69) is 38.1 Å². The minimum atomic E-state index is -0.00690. The minimum absolute atomic E-state index is 0.00690. The molecule has 1 unspecified atom stereocenters. The first-order chi connectivity index (χ1) is 13.5. The summed E-state index contributed by atoms with van der Waals surface area (Å²) in [6, 6.07) is 10.2. The summed E-state index contributed by atoms with van der Waals surface area (Å²) in [5, 5.41) is 13.6. The highest BCUT2D eigenvalue weighted by Gasteiger charge is 2.46. The SMILES string of the molecule is Cc1nc(N2CCC3(CC2)Cc2ccc(C#N)cc2C3N)c2ccnn2c1Br. The van der Waals surface area contributed by atoms with Crippen LogP contribution in [0, 0.1) is 23.7 Å². The number of piperidine rings is 1. The normalized spacial score (nSPS) is 20.5. The highest BCUT2D eigenvalue weighted by atomic mass is 79.9. The average Bonchev–Trinajstić information content (AvgIpc) is 3.30. The monoisotopic (exact) mass is 436 g/mol. The molecule has 1 spiro atoms. The Morgan fingerprint density at radius 2 is 2.07 bits per heavy atom. The molecule has 2 aliphatic rings. The largest absolute Gasteiger partial charge is 0.355 e. The van der Waals surface area contributed by atoms with Gasteiger partial charge in [0.2, 0.25) is 0 Å². The van der Waals surface area contributed by atoms with Crippen LogP contribution in [0.1, 0.15) is 41.3 Å². The fraction of sp³-hybridized carbons (Fsp3) is 0.381. The molecule has 3 heterocycles. The number of rotatable bonds is 1. The fourth-order valence-electron chi connectivity index (χ4n) is 4.86. The zero-order valence-electron chi connectivity index (χ0n) is 15.7. The molecule has 1 aliphatic carbocycles. The Kier molecular flexibility index (Phi) is 3.97. The topological polar surface area (TPSA) is 83.2 Å². The lowest BCUT2D eigenvalue weighted by Gasteiger charge is -2.42. The highest BCUT2D eigenvalue weighted by Crippen LogP contribution is 2.51. The van der Waals surface area contributed by atoms with Gasteiger partial charge in [-0.15, -0.1) is 0 Å². The van der Waals surface area contributed by atoms with Crippen molar-refractivity contribution in [2.75, 3.05) is 18.0 Å². The van der Waals surface area contributed by atoms with Crippen LogP contribution in [-0.4, -0.2) is 27.7 Å². The number of benzene rings is 1. The summed E-state index contributed by atoms with van der Waals surface area (Å²) in [5.74, 6) is 0.990. The van der Waals surface area contributed by atoms with Crippen LogP contribution in [0.2, 0.25) is 0 Å². The summed E-state index contributed by atoms with van der Waals surface area (Å²) in [5.41, 5.74) is 11.9. The molecule has 1 saturated heterocycles. The maximum Gasteiger partial charge on any atom is 0.155 e. The predicted octanol–water partition coefficient (Wildman–Crippen LogP) is 3.51. The van der Waals surface area contributed by atoms with E-state index in [1.165, 1.54) is 5.56 Å². The summed E-state index contributed by atoms with van der Waals surface area (Å²) in [6.45, 7) is 3.83. The van der Waals surface area contributed by atoms with Gasteiger partial charge in [-0.1, -0.05) is 6.07 Å². The van der Waals surface area contributed by atoms with E-state index in [-0.39, 0.29) is 11.5 Å². The lowest BCUT2D eigenvalue weighted by Crippen LogP contribution is -2.44. The Balaban J connectivity index is 1.43. The maximum absolute atomic E-state index is 9.21. The van der Waals surface area contributed by atoms with E-state index in [4.69, 9.17) is 10.7 Å². The molecule has 0 bridgehead atoms. The zero-order chi connectivity index (χ0) is 19.5. The van der Waals surface area contributed by atoms with Gasteiger partial charge in [-0.3, -0.25) is 0 Å². The Morgan fingerprint density at radius 3 is 2.82 bits per heavy atom. The lowest BCUT2D eigenvalue weighted by atomic mass is 9.73. The van der Waals surface area contributed by atoms with Crippen LogP contribution in [0.4, 0.5) is 5.82 Å². The van der Waals surface area contributed by atoms with Gasteiger partial charge in [0.05, 0.1) is 23.5 Å². The number of anilines is 1. The van der Waals surface area contributed by atoms with E-state index in [1.807, 2.05) is 35.8 Å². The molecule has 7 heteroatoms. The van der Waals surface area contributed by atoms with Crippen LogP contribution in [0.25, 0.3) is 5.52 Å². The van der Waals surface area contributed by atoms with Gasteiger partial charge in [0.25, 0.3) is 0 Å². The molecule has 142 valence electrons. The first kappa shape index (κ1) is 17.7. The first-order valence-electron chi connectivity index (χ1n) is 9.56. The van der Waals surface area contributed by atoms with Crippen LogP contribution in [0.15, 0.2) is 35.1 Å². The molecule has 1 aliphatic heterocycles. The van der Waals surface area contributed by atoms with Crippen molar-refractivity contribution in [3.05, 3.63) is 57.4 Å². The Morgan fingerprint density at radius 1 is 1.29 bits per heavy atom. The molecule has 6 nitrogen and oxygen atoms in total. The van der Waals surface area contributed by atoms with Crippen molar-refractivity contribution in [1.82, 2.24) is 14.6 Å². The van der Waals surface area contributed by atoms with Crippen molar-refractivity contribution in [2.45, 2.75) is 32.2 Å². The molecule has 0 radical (unpaired) electrons. The van der Waals surface area contributed by atoms with Gasteiger partial charge < -0.3 is 10.6 Å². The number of nitrogens with zero attached hydrogens (tertiary/aromatic N) is 5. The summed E-state index contributed by atoms with van der Waals surface area (Å²) < 4.78 is 2.80. The Bertz CT molecular complexity index is 1120. The van der Waals surface area contributed by atoms with E-state index in [9.17, 15) is 5.26 Å². The van der Waals surface area contributed by atoms with E-state index < -0.39 is 0 Å². The Hall–Kier alpha value is -2.43. The molecule has 0 amide bonds. The quantitative estimate of drug-likeness (QED) is 0.630. The molecule has 28 heavy (non-hydrogen) atoms. The molecule has 2 N–H and O–H groups in total. The van der Waals surface area contributed by atoms with Crippen LogP contribution in [0.3, 0.4) is 0 Å². The molecule has 1 atom stereocenters. The summed E-state index contributed by atoms with van der Waals surface area (Å²) in [6.07, 6.45) is 4.84. The van der Waals surface area contributed by atoms with Crippen molar-refractivity contribution < 1.29 is 0 Å². The van der Waals surface area contributed by atoms with Crippen LogP contribution in [-0.2, 0) is 6.42 Å². The van der Waals surface area contributed by atoms with Gasteiger partial charge in [-0.05, 0) is 76.9 Å². The average molecular weight is 437 g/mol. The fourth-order valence-corrected chi connectivity index (χ4v) is 5.23.